The second-order valence-electron chi connectivity index (χ2n) is 7.32. The Kier molecular flexibility index (Phi) is 4.94. The number of nitrogens with zero attached hydrogens (tertiary/aromatic N) is 2. The predicted molar refractivity (Wildman–Crippen MR) is 80.8 cm³/mol. The van der Waals surface area contributed by atoms with Gasteiger partial charge in [0.25, 0.3) is 0 Å². The van der Waals surface area contributed by atoms with Crippen LogP contribution in [0, 0.1) is 23.2 Å². The molecule has 1 saturated heterocycles. The van der Waals surface area contributed by atoms with Crippen molar-refractivity contribution in [1.29, 1.82) is 5.26 Å². The predicted octanol–water partition coefficient (Wildman–Crippen LogP) is 2.05. The van der Waals surface area contributed by atoms with E-state index in [-0.39, 0.29) is 24.5 Å². The number of nitrogens with one attached hydrogen (secondary N) is 1. The third-order valence-corrected chi connectivity index (χ3v) is 4.31. The molecule has 1 aliphatic carbocycles. The lowest BCUT2D eigenvalue weighted by Crippen LogP contribution is -2.40. The minimum absolute atomic E-state index is 0.0887. The maximum absolute atomic E-state index is 12.1. The molecule has 0 aromatic rings. The van der Waals surface area contributed by atoms with Gasteiger partial charge in [0.1, 0.15) is 12.0 Å². The zero-order valence-corrected chi connectivity index (χ0v) is 13.6. The quantitative estimate of drug-likeness (QED) is 0.846. The van der Waals surface area contributed by atoms with Gasteiger partial charge in [-0.15, -0.1) is 0 Å². The van der Waals surface area contributed by atoms with E-state index in [9.17, 15) is 9.59 Å². The molecular formula is C16H25N3O3. The van der Waals surface area contributed by atoms with Crippen molar-refractivity contribution >= 4 is 12.0 Å². The zero-order chi connectivity index (χ0) is 16.3. The van der Waals surface area contributed by atoms with Gasteiger partial charge in [-0.1, -0.05) is 0 Å². The number of carbonyl (C=O) groups is 2. The molecule has 0 spiro atoms. The van der Waals surface area contributed by atoms with Gasteiger partial charge in [-0.3, -0.25) is 4.79 Å². The highest BCUT2D eigenvalue weighted by Crippen LogP contribution is 2.36. The smallest absolute Gasteiger partial charge is 0.410 e. The number of rotatable bonds is 2. The number of carbonyl (C=O) groups excluding carboxylic acids is 2. The first-order valence-electron chi connectivity index (χ1n) is 7.92. The van der Waals surface area contributed by atoms with Crippen LogP contribution in [0.4, 0.5) is 4.79 Å². The van der Waals surface area contributed by atoms with Crippen LogP contribution in [0.1, 0.15) is 46.5 Å². The molecule has 6 heteroatoms. The zero-order valence-electron chi connectivity index (χ0n) is 13.6. The fourth-order valence-electron chi connectivity index (χ4n) is 3.39. The van der Waals surface area contributed by atoms with Crippen LogP contribution in [0.25, 0.3) is 0 Å². The fraction of sp³-hybridized carbons (Fsp3) is 0.812. The monoisotopic (exact) mass is 307 g/mol. The van der Waals surface area contributed by atoms with Crippen molar-refractivity contribution in [2.24, 2.45) is 11.8 Å². The number of ether oxygens (including phenoxy) is 1. The van der Waals surface area contributed by atoms with Crippen LogP contribution in [0.5, 0.6) is 0 Å². The standard InChI is InChI=1S/C16H25N3O3/c1-16(2,3)22-15(21)19-9-11-4-5-13(8-12(11)10-19)18-14(20)6-7-17/h11-13H,4-6,8-10H2,1-3H3,(H,18,20). The molecule has 2 rings (SSSR count). The Morgan fingerprint density at radius 3 is 2.59 bits per heavy atom. The van der Waals surface area contributed by atoms with E-state index in [1.165, 1.54) is 0 Å². The number of likely N-dealkylation sites (tertiary alicyclic amines) is 1. The van der Waals surface area contributed by atoms with Crippen LogP contribution in [-0.4, -0.2) is 41.6 Å². The van der Waals surface area contributed by atoms with E-state index in [0.29, 0.717) is 18.4 Å². The van der Waals surface area contributed by atoms with Crippen LogP contribution in [-0.2, 0) is 9.53 Å². The highest BCUT2D eigenvalue weighted by atomic mass is 16.6. The molecule has 2 fully saturated rings. The molecule has 2 aliphatic rings. The summed E-state index contributed by atoms with van der Waals surface area (Å²) in [6.07, 6.45) is 2.46. The van der Waals surface area contributed by atoms with E-state index in [1.54, 1.807) is 4.90 Å². The van der Waals surface area contributed by atoms with E-state index in [0.717, 1.165) is 25.8 Å². The summed E-state index contributed by atoms with van der Waals surface area (Å²) < 4.78 is 5.43. The number of fused-ring (bicyclic) bond motifs is 1. The summed E-state index contributed by atoms with van der Waals surface area (Å²) in [5, 5.41) is 11.5. The number of hydrogen-bond acceptors (Lipinski definition) is 4. The molecule has 3 unspecified atom stereocenters. The van der Waals surface area contributed by atoms with Crippen LogP contribution in [0.2, 0.25) is 0 Å². The second kappa shape index (κ2) is 6.55. The van der Waals surface area contributed by atoms with Crippen LogP contribution in [0.3, 0.4) is 0 Å². The first-order valence-corrected chi connectivity index (χ1v) is 7.92. The molecule has 1 heterocycles. The van der Waals surface area contributed by atoms with Crippen molar-refractivity contribution in [3.8, 4) is 6.07 Å². The minimum atomic E-state index is -0.474. The molecule has 0 bridgehead atoms. The average molecular weight is 307 g/mol. The Hall–Kier alpha value is -1.77. The van der Waals surface area contributed by atoms with Gasteiger partial charge in [-0.05, 0) is 51.9 Å². The lowest BCUT2D eigenvalue weighted by atomic mass is 9.79. The van der Waals surface area contributed by atoms with Crippen molar-refractivity contribution in [1.82, 2.24) is 10.2 Å². The summed E-state index contributed by atoms with van der Waals surface area (Å²) >= 11 is 0. The Balaban J connectivity index is 1.85. The van der Waals surface area contributed by atoms with Gasteiger partial charge in [-0.2, -0.15) is 5.26 Å². The van der Waals surface area contributed by atoms with Crippen molar-refractivity contribution in [3.05, 3.63) is 0 Å². The van der Waals surface area contributed by atoms with Crippen LogP contribution >= 0.6 is 0 Å². The van der Waals surface area contributed by atoms with Crippen molar-refractivity contribution in [2.75, 3.05) is 13.1 Å². The number of nitriles is 1. The normalized spacial score (nSPS) is 27.7. The van der Waals surface area contributed by atoms with Gasteiger partial charge in [0.15, 0.2) is 0 Å². The molecule has 0 radical (unpaired) electrons. The van der Waals surface area contributed by atoms with E-state index in [4.69, 9.17) is 10.00 Å². The van der Waals surface area contributed by atoms with Crippen molar-refractivity contribution in [2.45, 2.75) is 58.1 Å². The van der Waals surface area contributed by atoms with Gasteiger partial charge >= 0.3 is 6.09 Å². The molecule has 1 aliphatic heterocycles. The molecule has 1 N–H and O–H groups in total. The summed E-state index contributed by atoms with van der Waals surface area (Å²) in [6.45, 7) is 7.06. The fourth-order valence-corrected chi connectivity index (χ4v) is 3.39. The second-order valence-corrected chi connectivity index (χ2v) is 7.32. The SMILES string of the molecule is CC(C)(C)OC(=O)N1CC2CCC(NC(=O)CC#N)CC2C1. The summed E-state index contributed by atoms with van der Waals surface area (Å²) in [5.74, 6) is 0.707. The minimum Gasteiger partial charge on any atom is -0.444 e. The molecule has 0 aromatic carbocycles. The molecule has 22 heavy (non-hydrogen) atoms. The van der Waals surface area contributed by atoms with Gasteiger partial charge in [0.2, 0.25) is 5.91 Å². The van der Waals surface area contributed by atoms with Gasteiger partial charge in [0, 0.05) is 19.1 Å². The van der Waals surface area contributed by atoms with E-state index >= 15 is 0 Å². The molecule has 1 saturated carbocycles. The lowest BCUT2D eigenvalue weighted by Gasteiger charge is -2.31. The molecule has 122 valence electrons. The van der Waals surface area contributed by atoms with Gasteiger partial charge in [-0.25, -0.2) is 4.79 Å². The molecule has 0 aromatic heterocycles. The van der Waals surface area contributed by atoms with Crippen LogP contribution < -0.4 is 5.32 Å². The molecule has 2 amide bonds. The highest BCUT2D eigenvalue weighted by molar-refractivity contribution is 5.78. The first kappa shape index (κ1) is 16.6. The first-order chi connectivity index (χ1) is 10.3. The summed E-state index contributed by atoms with van der Waals surface area (Å²) in [6, 6.07) is 1.99. The third kappa shape index (κ3) is 4.36. The Labute approximate surface area is 131 Å². The van der Waals surface area contributed by atoms with E-state index in [2.05, 4.69) is 5.32 Å². The largest absolute Gasteiger partial charge is 0.444 e. The summed E-state index contributed by atoms with van der Waals surface area (Å²) in [7, 11) is 0. The highest BCUT2D eigenvalue weighted by Gasteiger charge is 2.40. The van der Waals surface area contributed by atoms with Gasteiger partial charge in [0.05, 0.1) is 6.07 Å². The van der Waals surface area contributed by atoms with Crippen LogP contribution in [0.15, 0.2) is 0 Å². The third-order valence-electron chi connectivity index (χ3n) is 4.31. The van der Waals surface area contributed by atoms with Crippen molar-refractivity contribution in [3.63, 3.8) is 0 Å². The molecule has 3 atom stereocenters. The number of hydrogen-bond donors (Lipinski definition) is 1. The summed E-state index contributed by atoms with van der Waals surface area (Å²) in [4.78, 5) is 25.5. The molecule has 6 nitrogen and oxygen atoms in total. The summed E-state index contributed by atoms with van der Waals surface area (Å²) in [5.41, 5.74) is -0.474. The Bertz CT molecular complexity index is 478. The average Bonchev–Trinajstić information content (AvgIpc) is 2.80. The van der Waals surface area contributed by atoms with Crippen molar-refractivity contribution < 1.29 is 14.3 Å². The maximum Gasteiger partial charge on any atom is 0.410 e. The number of amides is 2. The van der Waals surface area contributed by atoms with Gasteiger partial charge < -0.3 is 15.0 Å². The Morgan fingerprint density at radius 1 is 1.27 bits per heavy atom. The topological polar surface area (TPSA) is 82.4 Å². The maximum atomic E-state index is 12.1. The molecular weight excluding hydrogens is 282 g/mol. The van der Waals surface area contributed by atoms with E-state index < -0.39 is 5.60 Å². The van der Waals surface area contributed by atoms with E-state index in [1.807, 2.05) is 26.8 Å². The lowest BCUT2D eigenvalue weighted by molar-refractivity contribution is -0.121. The Morgan fingerprint density at radius 2 is 1.95 bits per heavy atom.